The van der Waals surface area contributed by atoms with Gasteiger partial charge in [-0.1, -0.05) is 6.07 Å². The van der Waals surface area contributed by atoms with Gasteiger partial charge in [-0.2, -0.15) is 0 Å². The molecule has 1 saturated heterocycles. The first kappa shape index (κ1) is 12.5. The lowest BCUT2D eigenvalue weighted by molar-refractivity contribution is -0.384. The Morgan fingerprint density at radius 1 is 1.10 bits per heavy atom. The Bertz CT molecular complexity index is 643. The molecular weight excluding hydrogens is 272 g/mol. The standard InChI is InChI=1S/C15H14N2O4/c18-14-12-8-4-5-9(6-8)13(12)15(19)16(14)10-2-1-3-11(7-10)17(20)21/h1-3,7-9,12-13H,4-6H2/t8-,9-,12-,13+/m0/s1. The third-order valence-corrected chi connectivity index (χ3v) is 5.23. The first-order valence-electron chi connectivity index (χ1n) is 7.20. The monoisotopic (exact) mass is 286 g/mol. The first-order valence-corrected chi connectivity index (χ1v) is 7.20. The SMILES string of the molecule is O=C1[C@@H]2[C@H]3CC[C@@H](C3)[C@@H]2C(=O)N1c1cccc([N+](=O)[O-])c1. The zero-order valence-corrected chi connectivity index (χ0v) is 11.3. The zero-order chi connectivity index (χ0) is 14.7. The highest BCUT2D eigenvalue weighted by Gasteiger charge is 2.61. The second-order valence-electron chi connectivity index (χ2n) is 6.17. The van der Waals surface area contributed by atoms with E-state index >= 15 is 0 Å². The molecule has 4 atom stereocenters. The highest BCUT2D eigenvalue weighted by molar-refractivity contribution is 6.22. The minimum atomic E-state index is -0.515. The van der Waals surface area contributed by atoms with Gasteiger partial charge in [-0.15, -0.1) is 0 Å². The third kappa shape index (κ3) is 1.58. The Morgan fingerprint density at radius 2 is 1.71 bits per heavy atom. The zero-order valence-electron chi connectivity index (χ0n) is 11.3. The number of nitro groups is 1. The number of non-ortho nitro benzene ring substituents is 1. The number of imide groups is 1. The largest absolute Gasteiger partial charge is 0.274 e. The lowest BCUT2D eigenvalue weighted by Gasteiger charge is -2.19. The fraction of sp³-hybridized carbons (Fsp3) is 0.467. The number of hydrogen-bond acceptors (Lipinski definition) is 4. The summed E-state index contributed by atoms with van der Waals surface area (Å²) in [5.41, 5.74) is 0.223. The van der Waals surface area contributed by atoms with Gasteiger partial charge >= 0.3 is 0 Å². The lowest BCUT2D eigenvalue weighted by Crippen LogP contribution is -2.32. The van der Waals surface area contributed by atoms with Crippen LogP contribution in [0.5, 0.6) is 0 Å². The van der Waals surface area contributed by atoms with Crippen molar-refractivity contribution < 1.29 is 14.5 Å². The van der Waals surface area contributed by atoms with Crippen molar-refractivity contribution >= 4 is 23.2 Å². The van der Waals surface area contributed by atoms with Crippen LogP contribution in [0.25, 0.3) is 0 Å². The fourth-order valence-electron chi connectivity index (χ4n) is 4.41. The summed E-state index contributed by atoms with van der Waals surface area (Å²) in [6.07, 6.45) is 3.02. The van der Waals surface area contributed by atoms with E-state index in [0.717, 1.165) is 19.3 Å². The number of anilines is 1. The van der Waals surface area contributed by atoms with Crippen LogP contribution in [0.4, 0.5) is 11.4 Å². The Balaban J connectivity index is 1.73. The molecule has 0 aromatic heterocycles. The molecular formula is C15H14N2O4. The van der Waals surface area contributed by atoms with Gasteiger partial charge in [0, 0.05) is 12.1 Å². The Morgan fingerprint density at radius 3 is 2.29 bits per heavy atom. The second kappa shape index (κ2) is 4.13. The van der Waals surface area contributed by atoms with Crippen LogP contribution < -0.4 is 4.90 Å². The van der Waals surface area contributed by atoms with Crippen molar-refractivity contribution in [1.29, 1.82) is 0 Å². The number of rotatable bonds is 2. The molecule has 0 unspecified atom stereocenters. The molecule has 0 spiro atoms. The Kier molecular flexibility index (Phi) is 2.46. The van der Waals surface area contributed by atoms with E-state index in [2.05, 4.69) is 0 Å². The lowest BCUT2D eigenvalue weighted by atomic mass is 9.81. The molecule has 4 rings (SSSR count). The van der Waals surface area contributed by atoms with Gasteiger partial charge in [0.2, 0.25) is 11.8 Å². The van der Waals surface area contributed by atoms with Crippen LogP contribution >= 0.6 is 0 Å². The molecule has 2 bridgehead atoms. The van der Waals surface area contributed by atoms with Crippen molar-refractivity contribution in [1.82, 2.24) is 0 Å². The molecule has 1 heterocycles. The van der Waals surface area contributed by atoms with Gasteiger partial charge in [-0.05, 0) is 37.2 Å². The van der Waals surface area contributed by atoms with Gasteiger partial charge in [0.1, 0.15) is 0 Å². The van der Waals surface area contributed by atoms with Gasteiger partial charge in [0.25, 0.3) is 5.69 Å². The average Bonchev–Trinajstić information content (AvgIpc) is 3.13. The van der Waals surface area contributed by atoms with Crippen molar-refractivity contribution in [3.63, 3.8) is 0 Å². The Hall–Kier alpha value is -2.24. The van der Waals surface area contributed by atoms with Crippen molar-refractivity contribution in [2.75, 3.05) is 4.90 Å². The van der Waals surface area contributed by atoms with Gasteiger partial charge in [-0.3, -0.25) is 19.7 Å². The van der Waals surface area contributed by atoms with Gasteiger partial charge in [0.15, 0.2) is 0 Å². The van der Waals surface area contributed by atoms with E-state index < -0.39 is 4.92 Å². The smallest absolute Gasteiger partial charge is 0.271 e. The summed E-state index contributed by atoms with van der Waals surface area (Å²) in [4.78, 5) is 36.7. The minimum Gasteiger partial charge on any atom is -0.274 e. The quantitative estimate of drug-likeness (QED) is 0.474. The molecule has 6 nitrogen and oxygen atoms in total. The highest BCUT2D eigenvalue weighted by Crippen LogP contribution is 2.56. The summed E-state index contributed by atoms with van der Waals surface area (Å²) >= 11 is 0. The van der Waals surface area contributed by atoms with E-state index in [4.69, 9.17) is 0 Å². The average molecular weight is 286 g/mol. The summed E-state index contributed by atoms with van der Waals surface area (Å²) in [6, 6.07) is 5.76. The molecule has 0 N–H and O–H groups in total. The summed E-state index contributed by atoms with van der Waals surface area (Å²) in [5, 5.41) is 10.9. The van der Waals surface area contributed by atoms with Crippen molar-refractivity contribution in [3.05, 3.63) is 34.4 Å². The molecule has 2 amide bonds. The van der Waals surface area contributed by atoms with Crippen LogP contribution in [0.1, 0.15) is 19.3 Å². The number of benzene rings is 1. The molecule has 2 aliphatic carbocycles. The molecule has 1 aromatic carbocycles. The van der Waals surface area contributed by atoms with Gasteiger partial charge < -0.3 is 0 Å². The van der Waals surface area contributed by atoms with Crippen LogP contribution in [0.3, 0.4) is 0 Å². The predicted molar refractivity (Wildman–Crippen MR) is 73.4 cm³/mol. The molecule has 3 fully saturated rings. The minimum absolute atomic E-state index is 0.104. The third-order valence-electron chi connectivity index (χ3n) is 5.23. The molecule has 6 heteroatoms. The van der Waals surface area contributed by atoms with Crippen LogP contribution in [-0.2, 0) is 9.59 Å². The van der Waals surface area contributed by atoms with Gasteiger partial charge in [-0.25, -0.2) is 4.90 Å². The number of hydrogen-bond donors (Lipinski definition) is 0. The number of amides is 2. The van der Waals surface area contributed by atoms with E-state index in [0.29, 0.717) is 17.5 Å². The molecule has 1 aliphatic heterocycles. The molecule has 1 aromatic rings. The van der Waals surface area contributed by atoms with E-state index in [1.54, 1.807) is 6.07 Å². The summed E-state index contributed by atoms with van der Waals surface area (Å²) in [7, 11) is 0. The maximum atomic E-state index is 12.6. The molecule has 0 radical (unpaired) electrons. The molecule has 108 valence electrons. The van der Waals surface area contributed by atoms with E-state index in [1.165, 1.54) is 23.1 Å². The number of nitrogens with zero attached hydrogens (tertiary/aromatic N) is 2. The van der Waals surface area contributed by atoms with E-state index in [9.17, 15) is 19.7 Å². The van der Waals surface area contributed by atoms with Crippen LogP contribution in [0, 0.1) is 33.8 Å². The maximum Gasteiger partial charge on any atom is 0.271 e. The van der Waals surface area contributed by atoms with Crippen LogP contribution in [-0.4, -0.2) is 16.7 Å². The van der Waals surface area contributed by atoms with E-state index in [1.807, 2.05) is 0 Å². The number of carbonyl (C=O) groups excluding carboxylic acids is 2. The number of nitro benzene ring substituents is 1. The van der Waals surface area contributed by atoms with E-state index in [-0.39, 0.29) is 29.3 Å². The normalized spacial score (nSPS) is 33.6. The first-order chi connectivity index (χ1) is 10.1. The summed E-state index contributed by atoms with van der Waals surface area (Å²) < 4.78 is 0. The molecule has 3 aliphatic rings. The highest BCUT2D eigenvalue weighted by atomic mass is 16.6. The summed E-state index contributed by atoms with van der Waals surface area (Å²) in [5.74, 6) is -0.0956. The van der Waals surface area contributed by atoms with Crippen molar-refractivity contribution in [2.24, 2.45) is 23.7 Å². The second-order valence-corrected chi connectivity index (χ2v) is 6.17. The number of fused-ring (bicyclic) bond motifs is 5. The number of carbonyl (C=O) groups is 2. The van der Waals surface area contributed by atoms with Gasteiger partial charge in [0.05, 0.1) is 22.4 Å². The fourth-order valence-corrected chi connectivity index (χ4v) is 4.41. The van der Waals surface area contributed by atoms with Crippen molar-refractivity contribution in [3.8, 4) is 0 Å². The maximum absolute atomic E-state index is 12.6. The summed E-state index contributed by atoms with van der Waals surface area (Å²) in [6.45, 7) is 0. The predicted octanol–water partition coefficient (Wildman–Crippen LogP) is 2.13. The van der Waals surface area contributed by atoms with Crippen LogP contribution in [0.2, 0.25) is 0 Å². The van der Waals surface area contributed by atoms with Crippen molar-refractivity contribution in [2.45, 2.75) is 19.3 Å². The Labute approximate surface area is 120 Å². The van der Waals surface area contributed by atoms with Crippen LogP contribution in [0.15, 0.2) is 24.3 Å². The molecule has 21 heavy (non-hydrogen) atoms. The molecule has 2 saturated carbocycles. The topological polar surface area (TPSA) is 80.5 Å².